The average Bonchev–Trinajstić information content (AvgIpc) is 2.81. The topological polar surface area (TPSA) is 60.2 Å². The van der Waals surface area contributed by atoms with E-state index in [-0.39, 0.29) is 6.04 Å². The van der Waals surface area contributed by atoms with Crippen LogP contribution in [0.4, 0.5) is 0 Å². The molecule has 0 saturated carbocycles. The lowest BCUT2D eigenvalue weighted by Gasteiger charge is -2.25. The van der Waals surface area contributed by atoms with Crippen molar-refractivity contribution in [1.82, 2.24) is 15.5 Å². The third-order valence-electron chi connectivity index (χ3n) is 3.19. The van der Waals surface area contributed by atoms with Crippen molar-refractivity contribution in [1.29, 1.82) is 0 Å². The lowest BCUT2D eigenvalue weighted by atomic mass is 9.96. The highest BCUT2D eigenvalue weighted by Gasteiger charge is 2.34. The Hall–Kier alpha value is -0.940. The Balaban J connectivity index is 2.99. The van der Waals surface area contributed by atoms with E-state index in [1.807, 2.05) is 14.0 Å². The second-order valence-electron chi connectivity index (χ2n) is 3.87. The molecule has 0 amide bonds. The largest absolute Gasteiger partial charge is 0.370 e. The minimum Gasteiger partial charge on any atom is -0.370 e. The zero-order chi connectivity index (χ0) is 12.2. The van der Waals surface area contributed by atoms with Crippen LogP contribution >= 0.6 is 0 Å². The molecule has 92 valence electrons. The van der Waals surface area contributed by atoms with E-state index in [4.69, 9.17) is 9.26 Å². The third kappa shape index (κ3) is 2.25. The fraction of sp³-hybridized carbons (Fsp3) is 0.818. The molecule has 0 saturated heterocycles. The summed E-state index contributed by atoms with van der Waals surface area (Å²) in [5, 5.41) is 7.08. The summed E-state index contributed by atoms with van der Waals surface area (Å²) in [5.41, 5.74) is -0.421. The van der Waals surface area contributed by atoms with Crippen LogP contribution < -0.4 is 5.32 Å². The van der Waals surface area contributed by atoms with Crippen LogP contribution in [-0.4, -0.2) is 24.3 Å². The molecule has 0 aliphatic heterocycles. The van der Waals surface area contributed by atoms with E-state index in [1.165, 1.54) is 0 Å². The van der Waals surface area contributed by atoms with E-state index >= 15 is 0 Å². The third-order valence-corrected chi connectivity index (χ3v) is 3.19. The number of hydrogen-bond donors (Lipinski definition) is 1. The van der Waals surface area contributed by atoms with Crippen LogP contribution in [0.25, 0.3) is 0 Å². The fourth-order valence-corrected chi connectivity index (χ4v) is 1.67. The van der Waals surface area contributed by atoms with Gasteiger partial charge in [0.25, 0.3) is 0 Å². The molecule has 1 heterocycles. The molecule has 5 nitrogen and oxygen atoms in total. The molecule has 1 unspecified atom stereocenters. The summed E-state index contributed by atoms with van der Waals surface area (Å²) >= 11 is 0. The van der Waals surface area contributed by atoms with Gasteiger partial charge in [-0.05, 0) is 26.8 Å². The SMILES string of the molecule is CCC(CC)(OC)c1noc(C(C)NC)n1. The maximum atomic E-state index is 5.54. The van der Waals surface area contributed by atoms with Gasteiger partial charge in [0.15, 0.2) is 0 Å². The van der Waals surface area contributed by atoms with E-state index in [9.17, 15) is 0 Å². The van der Waals surface area contributed by atoms with Crippen LogP contribution in [0.3, 0.4) is 0 Å². The highest BCUT2D eigenvalue weighted by molar-refractivity contribution is 5.02. The van der Waals surface area contributed by atoms with Crippen molar-refractivity contribution in [3.8, 4) is 0 Å². The van der Waals surface area contributed by atoms with Crippen molar-refractivity contribution in [2.45, 2.75) is 45.3 Å². The van der Waals surface area contributed by atoms with Gasteiger partial charge >= 0.3 is 0 Å². The smallest absolute Gasteiger partial charge is 0.243 e. The van der Waals surface area contributed by atoms with Crippen LogP contribution in [0.15, 0.2) is 4.52 Å². The molecule has 0 spiro atoms. The van der Waals surface area contributed by atoms with Crippen LogP contribution in [0.5, 0.6) is 0 Å². The minimum atomic E-state index is -0.421. The molecular weight excluding hydrogens is 206 g/mol. The summed E-state index contributed by atoms with van der Waals surface area (Å²) in [6.45, 7) is 6.10. The molecule has 0 aromatic carbocycles. The van der Waals surface area contributed by atoms with Crippen molar-refractivity contribution >= 4 is 0 Å². The summed E-state index contributed by atoms with van der Waals surface area (Å²) in [5.74, 6) is 1.23. The van der Waals surface area contributed by atoms with Gasteiger partial charge in [-0.1, -0.05) is 19.0 Å². The lowest BCUT2D eigenvalue weighted by Crippen LogP contribution is -2.28. The van der Waals surface area contributed by atoms with E-state index < -0.39 is 5.60 Å². The summed E-state index contributed by atoms with van der Waals surface area (Å²) < 4.78 is 10.8. The van der Waals surface area contributed by atoms with Crippen LogP contribution in [0.1, 0.15) is 51.4 Å². The second-order valence-corrected chi connectivity index (χ2v) is 3.87. The molecule has 0 radical (unpaired) electrons. The molecule has 1 atom stereocenters. The van der Waals surface area contributed by atoms with Crippen molar-refractivity contribution in [3.63, 3.8) is 0 Å². The highest BCUT2D eigenvalue weighted by atomic mass is 16.5. The number of ether oxygens (including phenoxy) is 1. The minimum absolute atomic E-state index is 0.0597. The summed E-state index contributed by atoms with van der Waals surface area (Å²) in [6.07, 6.45) is 1.65. The number of rotatable bonds is 6. The van der Waals surface area contributed by atoms with Crippen LogP contribution in [0.2, 0.25) is 0 Å². The number of nitrogens with zero attached hydrogens (tertiary/aromatic N) is 2. The van der Waals surface area contributed by atoms with E-state index in [2.05, 4.69) is 29.3 Å². The van der Waals surface area contributed by atoms with Gasteiger partial charge in [0.05, 0.1) is 6.04 Å². The molecule has 5 heteroatoms. The maximum Gasteiger partial charge on any atom is 0.243 e. The zero-order valence-electron chi connectivity index (χ0n) is 10.7. The molecule has 1 aromatic heterocycles. The Labute approximate surface area is 96.6 Å². The first kappa shape index (κ1) is 13.1. The van der Waals surface area contributed by atoms with Gasteiger partial charge in [0.1, 0.15) is 5.60 Å². The summed E-state index contributed by atoms with van der Waals surface area (Å²) in [4.78, 5) is 4.40. The van der Waals surface area contributed by atoms with Crippen molar-refractivity contribution < 1.29 is 9.26 Å². The standard InChI is InChI=1S/C11H21N3O2/c1-6-11(7-2,15-5)10-13-9(16-14-10)8(3)12-4/h8,12H,6-7H2,1-5H3. The zero-order valence-corrected chi connectivity index (χ0v) is 10.7. The molecule has 0 fully saturated rings. The molecule has 0 bridgehead atoms. The number of aromatic nitrogens is 2. The number of hydrogen-bond acceptors (Lipinski definition) is 5. The lowest BCUT2D eigenvalue weighted by molar-refractivity contribution is -0.0306. The van der Waals surface area contributed by atoms with Gasteiger partial charge in [-0.2, -0.15) is 4.98 Å². The average molecular weight is 227 g/mol. The number of nitrogens with one attached hydrogen (secondary N) is 1. The quantitative estimate of drug-likeness (QED) is 0.805. The Kier molecular flexibility index (Phi) is 4.44. The molecule has 0 aliphatic carbocycles. The first-order valence-electron chi connectivity index (χ1n) is 5.70. The Morgan fingerprint density at radius 1 is 1.44 bits per heavy atom. The van der Waals surface area contributed by atoms with Crippen molar-refractivity contribution in [2.75, 3.05) is 14.2 Å². The fourth-order valence-electron chi connectivity index (χ4n) is 1.67. The maximum absolute atomic E-state index is 5.54. The number of methoxy groups -OCH3 is 1. The Bertz CT molecular complexity index is 313. The van der Waals surface area contributed by atoms with Crippen molar-refractivity contribution in [3.05, 3.63) is 11.7 Å². The van der Waals surface area contributed by atoms with E-state index in [0.29, 0.717) is 11.7 Å². The van der Waals surface area contributed by atoms with Crippen LogP contribution in [-0.2, 0) is 10.3 Å². The van der Waals surface area contributed by atoms with E-state index in [0.717, 1.165) is 12.8 Å². The first-order chi connectivity index (χ1) is 7.63. The molecule has 1 N–H and O–H groups in total. The highest BCUT2D eigenvalue weighted by Crippen LogP contribution is 2.30. The predicted octanol–water partition coefficient (Wildman–Crippen LogP) is 2.01. The Morgan fingerprint density at radius 3 is 2.50 bits per heavy atom. The van der Waals surface area contributed by atoms with E-state index in [1.54, 1.807) is 7.11 Å². The summed E-state index contributed by atoms with van der Waals surface area (Å²) in [7, 11) is 3.54. The van der Waals surface area contributed by atoms with Crippen LogP contribution in [0, 0.1) is 0 Å². The van der Waals surface area contributed by atoms with Gasteiger partial charge in [0.2, 0.25) is 11.7 Å². The van der Waals surface area contributed by atoms with Gasteiger partial charge in [-0.25, -0.2) is 0 Å². The molecular formula is C11H21N3O2. The molecule has 0 aliphatic rings. The first-order valence-corrected chi connectivity index (χ1v) is 5.70. The van der Waals surface area contributed by atoms with Crippen molar-refractivity contribution in [2.24, 2.45) is 0 Å². The Morgan fingerprint density at radius 2 is 2.06 bits per heavy atom. The molecule has 16 heavy (non-hydrogen) atoms. The van der Waals surface area contributed by atoms with Gasteiger partial charge in [0, 0.05) is 7.11 Å². The van der Waals surface area contributed by atoms with Gasteiger partial charge in [-0.3, -0.25) is 0 Å². The normalized spacial score (nSPS) is 14.1. The monoisotopic (exact) mass is 227 g/mol. The van der Waals surface area contributed by atoms with Gasteiger partial charge in [-0.15, -0.1) is 0 Å². The summed E-state index contributed by atoms with van der Waals surface area (Å²) in [6, 6.07) is 0.0597. The van der Waals surface area contributed by atoms with Gasteiger partial charge < -0.3 is 14.6 Å². The molecule has 1 aromatic rings. The molecule has 1 rings (SSSR count). The predicted molar refractivity (Wildman–Crippen MR) is 61.0 cm³/mol. The second kappa shape index (κ2) is 5.41.